The summed E-state index contributed by atoms with van der Waals surface area (Å²) >= 11 is 3.02. The van der Waals surface area contributed by atoms with Crippen LogP contribution < -0.4 is 0 Å². The molecule has 1 aliphatic rings. The minimum atomic E-state index is -0.403. The zero-order valence-electron chi connectivity index (χ0n) is 16.5. The summed E-state index contributed by atoms with van der Waals surface area (Å²) in [6.07, 6.45) is 2.21. The molecule has 1 fully saturated rings. The molecule has 1 saturated carbocycles. The number of aryl methyl sites for hydroxylation is 1. The van der Waals surface area contributed by atoms with Crippen LogP contribution in [0.3, 0.4) is 0 Å². The molecule has 0 amide bonds. The van der Waals surface area contributed by atoms with Crippen LogP contribution in [0, 0.1) is 13.8 Å². The van der Waals surface area contributed by atoms with Gasteiger partial charge in [0.05, 0.1) is 28.5 Å². The molecule has 4 rings (SSSR count). The first kappa shape index (κ1) is 19.9. The van der Waals surface area contributed by atoms with Crippen LogP contribution in [0.2, 0.25) is 0 Å². The lowest BCUT2D eigenvalue weighted by molar-refractivity contribution is 0.0525. The van der Waals surface area contributed by atoms with E-state index in [1.54, 1.807) is 32.1 Å². The van der Waals surface area contributed by atoms with Crippen LogP contribution in [0.25, 0.3) is 10.7 Å². The van der Waals surface area contributed by atoms with Crippen LogP contribution in [0.15, 0.2) is 22.7 Å². The monoisotopic (exact) mass is 430 g/mol. The second kappa shape index (κ2) is 8.16. The van der Waals surface area contributed by atoms with E-state index < -0.39 is 5.97 Å². The van der Waals surface area contributed by atoms with Crippen molar-refractivity contribution < 1.29 is 14.3 Å². The zero-order chi connectivity index (χ0) is 20.5. The molecule has 0 spiro atoms. The van der Waals surface area contributed by atoms with Gasteiger partial charge in [0, 0.05) is 11.7 Å². The third-order valence-corrected chi connectivity index (χ3v) is 6.66. The minimum Gasteiger partial charge on any atom is -0.462 e. The Kier molecular flexibility index (Phi) is 5.60. The maximum atomic E-state index is 12.9. The number of esters is 1. The smallest absolute Gasteiger partial charge is 0.340 e. The maximum Gasteiger partial charge on any atom is 0.340 e. The summed E-state index contributed by atoms with van der Waals surface area (Å²) in [5.74, 6) is 0.612. The molecule has 0 aliphatic heterocycles. The molecule has 0 saturated heterocycles. The highest BCUT2D eigenvalue weighted by Gasteiger charge is 2.31. The number of carbonyl (C=O) groups excluding carboxylic acids is 2. The van der Waals surface area contributed by atoms with Gasteiger partial charge in [0.1, 0.15) is 0 Å². The van der Waals surface area contributed by atoms with Crippen LogP contribution >= 0.6 is 23.1 Å². The van der Waals surface area contributed by atoms with Crippen molar-refractivity contribution >= 4 is 34.9 Å². The van der Waals surface area contributed by atoms with Crippen molar-refractivity contribution in [1.29, 1.82) is 0 Å². The van der Waals surface area contributed by atoms with E-state index in [9.17, 15) is 9.59 Å². The Balaban J connectivity index is 1.53. The lowest BCUT2D eigenvalue weighted by Crippen LogP contribution is -2.09. The molecular weight excluding hydrogens is 408 g/mol. The van der Waals surface area contributed by atoms with E-state index in [4.69, 9.17) is 4.74 Å². The molecule has 0 atom stereocenters. The van der Waals surface area contributed by atoms with E-state index in [1.165, 1.54) is 11.8 Å². The summed E-state index contributed by atoms with van der Waals surface area (Å²) in [5.41, 5.74) is 2.18. The van der Waals surface area contributed by atoms with E-state index in [1.807, 2.05) is 17.5 Å². The molecular formula is C20H22N4O3S2. The quantitative estimate of drug-likeness (QED) is 0.323. The second-order valence-corrected chi connectivity index (χ2v) is 8.83. The van der Waals surface area contributed by atoms with E-state index in [-0.39, 0.29) is 11.5 Å². The number of H-pyrrole nitrogens is 1. The normalized spacial score (nSPS) is 13.6. The summed E-state index contributed by atoms with van der Waals surface area (Å²) in [6, 6.07) is 4.44. The highest BCUT2D eigenvalue weighted by Crippen LogP contribution is 2.41. The molecule has 3 aromatic heterocycles. The predicted octanol–water partition coefficient (Wildman–Crippen LogP) is 4.44. The number of hydrogen-bond donors (Lipinski definition) is 1. The van der Waals surface area contributed by atoms with Crippen molar-refractivity contribution in [3.05, 3.63) is 40.0 Å². The first-order valence-electron chi connectivity index (χ1n) is 9.52. The Morgan fingerprint density at radius 1 is 1.34 bits per heavy atom. The molecule has 0 unspecified atom stereocenters. The van der Waals surface area contributed by atoms with Gasteiger partial charge in [0.25, 0.3) is 0 Å². The third kappa shape index (κ3) is 3.89. The Morgan fingerprint density at radius 3 is 2.79 bits per heavy atom. The Hall–Kier alpha value is -2.39. The van der Waals surface area contributed by atoms with Gasteiger partial charge in [-0.2, -0.15) is 0 Å². The number of aromatic nitrogens is 4. The number of aromatic amines is 1. The summed E-state index contributed by atoms with van der Waals surface area (Å²) in [5, 5.41) is 11.5. The van der Waals surface area contributed by atoms with Crippen molar-refractivity contribution in [3.8, 4) is 10.7 Å². The van der Waals surface area contributed by atoms with Gasteiger partial charge in [-0.25, -0.2) is 4.79 Å². The fourth-order valence-corrected chi connectivity index (χ4v) is 4.93. The van der Waals surface area contributed by atoms with Gasteiger partial charge in [0.15, 0.2) is 16.8 Å². The molecule has 0 bridgehead atoms. The molecule has 1 aliphatic carbocycles. The summed E-state index contributed by atoms with van der Waals surface area (Å²) < 4.78 is 7.26. The van der Waals surface area contributed by atoms with Gasteiger partial charge < -0.3 is 9.72 Å². The molecule has 9 heteroatoms. The first-order valence-corrected chi connectivity index (χ1v) is 11.4. The molecule has 1 N–H and O–H groups in total. The van der Waals surface area contributed by atoms with Gasteiger partial charge in [-0.3, -0.25) is 9.36 Å². The molecule has 7 nitrogen and oxygen atoms in total. The van der Waals surface area contributed by atoms with Crippen molar-refractivity contribution in [3.63, 3.8) is 0 Å². The topological polar surface area (TPSA) is 89.9 Å². The van der Waals surface area contributed by atoms with E-state index in [0.717, 1.165) is 28.7 Å². The number of carbonyl (C=O) groups is 2. The average Bonchev–Trinajstić information content (AvgIpc) is 3.10. The highest BCUT2D eigenvalue weighted by atomic mass is 32.2. The number of thiophene rings is 1. The van der Waals surface area contributed by atoms with Crippen LogP contribution in [0.1, 0.15) is 57.9 Å². The van der Waals surface area contributed by atoms with E-state index in [2.05, 4.69) is 19.7 Å². The van der Waals surface area contributed by atoms with Crippen molar-refractivity contribution in [2.24, 2.45) is 0 Å². The largest absolute Gasteiger partial charge is 0.462 e. The lowest BCUT2D eigenvalue weighted by Gasteiger charge is -2.07. The Labute approximate surface area is 176 Å². The van der Waals surface area contributed by atoms with Gasteiger partial charge >= 0.3 is 5.97 Å². The molecule has 3 heterocycles. The van der Waals surface area contributed by atoms with E-state index >= 15 is 0 Å². The number of nitrogens with zero attached hydrogens (tertiary/aromatic N) is 3. The standard InChI is InChI=1S/C20H22N4O3S2/c1-4-27-19(26)16-11(2)17(21-12(16)3)14(25)10-29-20-23-22-18(15-6-5-9-28-15)24(20)13-7-8-13/h5-6,9,13,21H,4,7-8,10H2,1-3H3. The number of ketones is 1. The van der Waals surface area contributed by atoms with Crippen LogP contribution in [-0.4, -0.2) is 43.9 Å². The van der Waals surface area contributed by atoms with Crippen LogP contribution in [0.4, 0.5) is 0 Å². The van der Waals surface area contributed by atoms with E-state index in [0.29, 0.717) is 35.2 Å². The zero-order valence-corrected chi connectivity index (χ0v) is 18.2. The van der Waals surface area contributed by atoms with Gasteiger partial charge in [-0.1, -0.05) is 17.8 Å². The van der Waals surface area contributed by atoms with Crippen LogP contribution in [-0.2, 0) is 4.74 Å². The number of Topliss-reactive ketones (excluding diaryl/α,β-unsaturated/α-hetero) is 1. The average molecular weight is 431 g/mol. The fraction of sp³-hybridized carbons (Fsp3) is 0.400. The highest BCUT2D eigenvalue weighted by molar-refractivity contribution is 7.99. The number of rotatable bonds is 8. The lowest BCUT2D eigenvalue weighted by atomic mass is 10.1. The number of thioether (sulfide) groups is 1. The number of ether oxygens (including phenoxy) is 1. The fourth-order valence-electron chi connectivity index (χ4n) is 3.35. The number of hydrogen-bond acceptors (Lipinski definition) is 7. The summed E-state index contributed by atoms with van der Waals surface area (Å²) in [7, 11) is 0. The molecule has 152 valence electrons. The third-order valence-electron chi connectivity index (χ3n) is 4.85. The summed E-state index contributed by atoms with van der Waals surface area (Å²) in [6.45, 7) is 5.61. The Morgan fingerprint density at radius 2 is 2.14 bits per heavy atom. The maximum absolute atomic E-state index is 12.9. The van der Waals surface area contributed by atoms with Crippen molar-refractivity contribution in [2.75, 3.05) is 12.4 Å². The molecule has 3 aromatic rings. The number of nitrogens with one attached hydrogen (secondary N) is 1. The molecule has 0 radical (unpaired) electrons. The minimum absolute atomic E-state index is 0.0748. The van der Waals surface area contributed by atoms with Gasteiger partial charge in [0.2, 0.25) is 0 Å². The van der Waals surface area contributed by atoms with Gasteiger partial charge in [-0.15, -0.1) is 21.5 Å². The summed E-state index contributed by atoms with van der Waals surface area (Å²) in [4.78, 5) is 29.2. The first-order chi connectivity index (χ1) is 14.0. The SMILES string of the molecule is CCOC(=O)c1c(C)[nH]c(C(=O)CSc2nnc(-c3cccs3)n2C2CC2)c1C. The van der Waals surface area contributed by atoms with Crippen LogP contribution in [0.5, 0.6) is 0 Å². The second-order valence-electron chi connectivity index (χ2n) is 6.94. The molecule has 29 heavy (non-hydrogen) atoms. The van der Waals surface area contributed by atoms with Gasteiger partial charge in [-0.05, 0) is 50.6 Å². The van der Waals surface area contributed by atoms with Crippen molar-refractivity contribution in [1.82, 2.24) is 19.7 Å². The Bertz CT molecular complexity index is 1050. The predicted molar refractivity (Wildman–Crippen MR) is 113 cm³/mol. The van der Waals surface area contributed by atoms with Crippen molar-refractivity contribution in [2.45, 2.75) is 44.8 Å². The molecule has 0 aromatic carbocycles.